The molecule has 0 spiro atoms. The molecule has 1 N–H and O–H groups in total. The Morgan fingerprint density at radius 1 is 1.62 bits per heavy atom. The van der Waals surface area contributed by atoms with E-state index in [0.717, 1.165) is 19.6 Å². The van der Waals surface area contributed by atoms with Gasteiger partial charge < -0.3 is 10.2 Å². The fraction of sp³-hybridized carbons (Fsp3) is 0.769. The number of hydrogen-bond acceptors (Lipinski definition) is 2. The minimum Gasteiger partial charge on any atom is -0.341 e. The minimum atomic E-state index is 0.206. The summed E-state index contributed by atoms with van der Waals surface area (Å²) in [6.07, 6.45) is 4.57. The largest absolute Gasteiger partial charge is 0.341 e. The van der Waals surface area contributed by atoms with E-state index in [-0.39, 0.29) is 5.91 Å². The van der Waals surface area contributed by atoms with Gasteiger partial charge in [-0.3, -0.25) is 4.79 Å². The van der Waals surface area contributed by atoms with Crippen LogP contribution in [-0.2, 0) is 4.79 Å². The molecule has 0 aromatic carbocycles. The molecule has 92 valence electrons. The van der Waals surface area contributed by atoms with Gasteiger partial charge >= 0.3 is 0 Å². The smallest absolute Gasteiger partial charge is 0.226 e. The summed E-state index contributed by atoms with van der Waals surface area (Å²) in [4.78, 5) is 13.9. The Kier molecular flexibility index (Phi) is 5.53. The van der Waals surface area contributed by atoms with Crippen LogP contribution in [0.15, 0.2) is 12.7 Å². The third kappa shape index (κ3) is 4.35. The summed E-state index contributed by atoms with van der Waals surface area (Å²) in [7, 11) is 0. The van der Waals surface area contributed by atoms with E-state index >= 15 is 0 Å². The second-order valence-electron chi connectivity index (χ2n) is 4.98. The fourth-order valence-corrected chi connectivity index (χ4v) is 2.15. The first kappa shape index (κ1) is 13.2. The van der Waals surface area contributed by atoms with Crippen molar-refractivity contribution in [2.75, 3.05) is 19.6 Å². The molecule has 1 atom stereocenters. The van der Waals surface area contributed by atoms with Gasteiger partial charge in [-0.25, -0.2) is 0 Å². The highest BCUT2D eigenvalue weighted by atomic mass is 16.2. The summed E-state index contributed by atoms with van der Waals surface area (Å²) < 4.78 is 0. The maximum absolute atomic E-state index is 11.9. The van der Waals surface area contributed by atoms with E-state index in [0.29, 0.717) is 18.4 Å². The third-order valence-corrected chi connectivity index (χ3v) is 2.86. The van der Waals surface area contributed by atoms with E-state index in [1.165, 1.54) is 12.8 Å². The van der Waals surface area contributed by atoms with Crippen LogP contribution < -0.4 is 5.32 Å². The first-order valence-electron chi connectivity index (χ1n) is 6.25. The van der Waals surface area contributed by atoms with Gasteiger partial charge in [0.05, 0.1) is 0 Å². The highest BCUT2D eigenvalue weighted by Crippen LogP contribution is 2.10. The van der Waals surface area contributed by atoms with Crippen molar-refractivity contribution in [1.29, 1.82) is 0 Å². The van der Waals surface area contributed by atoms with Crippen LogP contribution in [0.4, 0.5) is 0 Å². The molecule has 3 heteroatoms. The zero-order valence-electron chi connectivity index (χ0n) is 10.5. The lowest BCUT2D eigenvalue weighted by atomic mass is 10.1. The average Bonchev–Trinajstić information content (AvgIpc) is 2.69. The van der Waals surface area contributed by atoms with Crippen LogP contribution in [0.3, 0.4) is 0 Å². The SMILES string of the molecule is C=CCC(=O)N(CC(C)C)CC1CCCN1. The van der Waals surface area contributed by atoms with Gasteiger partial charge in [-0.05, 0) is 25.3 Å². The minimum absolute atomic E-state index is 0.206. The lowest BCUT2D eigenvalue weighted by Gasteiger charge is -2.27. The van der Waals surface area contributed by atoms with Gasteiger partial charge in [0.2, 0.25) is 5.91 Å². The van der Waals surface area contributed by atoms with E-state index in [1.807, 2.05) is 4.90 Å². The monoisotopic (exact) mass is 224 g/mol. The Morgan fingerprint density at radius 3 is 2.88 bits per heavy atom. The molecule has 3 nitrogen and oxygen atoms in total. The van der Waals surface area contributed by atoms with Gasteiger partial charge in [-0.1, -0.05) is 19.9 Å². The van der Waals surface area contributed by atoms with Crippen molar-refractivity contribution in [2.45, 2.75) is 39.2 Å². The van der Waals surface area contributed by atoms with E-state index in [9.17, 15) is 4.79 Å². The molecule has 16 heavy (non-hydrogen) atoms. The summed E-state index contributed by atoms with van der Waals surface area (Å²) in [5, 5.41) is 3.44. The molecule has 0 aromatic rings. The Morgan fingerprint density at radius 2 is 2.38 bits per heavy atom. The summed E-state index contributed by atoms with van der Waals surface area (Å²) in [5.74, 6) is 0.729. The van der Waals surface area contributed by atoms with E-state index < -0.39 is 0 Å². The highest BCUT2D eigenvalue weighted by Gasteiger charge is 2.21. The number of rotatable bonds is 6. The van der Waals surface area contributed by atoms with Crippen molar-refractivity contribution in [1.82, 2.24) is 10.2 Å². The third-order valence-electron chi connectivity index (χ3n) is 2.86. The number of amides is 1. The predicted molar refractivity (Wildman–Crippen MR) is 67.3 cm³/mol. The molecule has 0 bridgehead atoms. The van der Waals surface area contributed by atoms with Gasteiger partial charge in [0.25, 0.3) is 0 Å². The van der Waals surface area contributed by atoms with Gasteiger partial charge in [0.1, 0.15) is 0 Å². The molecule has 0 radical (unpaired) electrons. The molecule has 0 aliphatic carbocycles. The molecule has 1 amide bonds. The summed E-state index contributed by atoms with van der Waals surface area (Å²) in [5.41, 5.74) is 0. The van der Waals surface area contributed by atoms with Crippen molar-refractivity contribution in [2.24, 2.45) is 5.92 Å². The zero-order chi connectivity index (χ0) is 12.0. The predicted octanol–water partition coefficient (Wildman–Crippen LogP) is 1.80. The average molecular weight is 224 g/mol. The number of nitrogens with one attached hydrogen (secondary N) is 1. The highest BCUT2D eigenvalue weighted by molar-refractivity contribution is 5.77. The quantitative estimate of drug-likeness (QED) is 0.698. The molecular formula is C13H24N2O. The molecular weight excluding hydrogens is 200 g/mol. The fourth-order valence-electron chi connectivity index (χ4n) is 2.15. The van der Waals surface area contributed by atoms with Crippen LogP contribution in [0.25, 0.3) is 0 Å². The van der Waals surface area contributed by atoms with Crippen molar-refractivity contribution >= 4 is 5.91 Å². The van der Waals surface area contributed by atoms with Gasteiger partial charge in [-0.15, -0.1) is 6.58 Å². The first-order chi connectivity index (χ1) is 7.63. The zero-order valence-corrected chi connectivity index (χ0v) is 10.5. The van der Waals surface area contributed by atoms with E-state index in [1.54, 1.807) is 6.08 Å². The summed E-state index contributed by atoms with van der Waals surface area (Å²) in [6, 6.07) is 0.493. The summed E-state index contributed by atoms with van der Waals surface area (Å²) >= 11 is 0. The molecule has 0 saturated carbocycles. The number of nitrogens with zero attached hydrogens (tertiary/aromatic N) is 1. The number of carbonyl (C=O) groups excluding carboxylic acids is 1. The van der Waals surface area contributed by atoms with Crippen LogP contribution in [0, 0.1) is 5.92 Å². The molecule has 1 saturated heterocycles. The maximum atomic E-state index is 11.9. The summed E-state index contributed by atoms with van der Waals surface area (Å²) in [6.45, 7) is 10.7. The van der Waals surface area contributed by atoms with Gasteiger partial charge in [-0.2, -0.15) is 0 Å². The standard InChI is InChI=1S/C13H24N2O/c1-4-6-13(16)15(9-11(2)3)10-12-7-5-8-14-12/h4,11-12,14H,1,5-10H2,2-3H3. The molecule has 1 aliphatic heterocycles. The van der Waals surface area contributed by atoms with Crippen LogP contribution in [-0.4, -0.2) is 36.5 Å². The molecule has 1 aliphatic rings. The van der Waals surface area contributed by atoms with Crippen molar-refractivity contribution in [3.8, 4) is 0 Å². The molecule has 1 heterocycles. The normalized spacial score (nSPS) is 20.1. The lowest BCUT2D eigenvalue weighted by Crippen LogP contribution is -2.42. The van der Waals surface area contributed by atoms with Crippen LogP contribution in [0.2, 0.25) is 0 Å². The van der Waals surface area contributed by atoms with Crippen molar-refractivity contribution in [3.05, 3.63) is 12.7 Å². The molecule has 1 rings (SSSR count). The van der Waals surface area contributed by atoms with E-state index in [2.05, 4.69) is 25.7 Å². The van der Waals surface area contributed by atoms with Crippen LogP contribution in [0.1, 0.15) is 33.1 Å². The first-order valence-corrected chi connectivity index (χ1v) is 6.25. The van der Waals surface area contributed by atoms with Crippen molar-refractivity contribution in [3.63, 3.8) is 0 Å². The Hall–Kier alpha value is -0.830. The second-order valence-corrected chi connectivity index (χ2v) is 4.98. The number of carbonyl (C=O) groups is 1. The van der Waals surface area contributed by atoms with E-state index in [4.69, 9.17) is 0 Å². The molecule has 1 unspecified atom stereocenters. The topological polar surface area (TPSA) is 32.3 Å². The van der Waals surface area contributed by atoms with Gasteiger partial charge in [0.15, 0.2) is 0 Å². The van der Waals surface area contributed by atoms with Crippen molar-refractivity contribution < 1.29 is 4.79 Å². The molecule has 1 fully saturated rings. The van der Waals surface area contributed by atoms with Crippen LogP contribution in [0.5, 0.6) is 0 Å². The van der Waals surface area contributed by atoms with Gasteiger partial charge in [0, 0.05) is 25.6 Å². The lowest BCUT2D eigenvalue weighted by molar-refractivity contribution is -0.131. The Labute approximate surface area is 98.9 Å². The number of hydrogen-bond donors (Lipinski definition) is 1. The molecule has 0 aromatic heterocycles. The van der Waals surface area contributed by atoms with Crippen LogP contribution >= 0.6 is 0 Å². The maximum Gasteiger partial charge on any atom is 0.226 e. The Balaban J connectivity index is 2.47. The Bertz CT molecular complexity index is 232. The second kappa shape index (κ2) is 6.69.